The summed E-state index contributed by atoms with van der Waals surface area (Å²) in [4.78, 5) is 14.9. The first-order valence-electron chi connectivity index (χ1n) is 6.54. The van der Waals surface area contributed by atoms with Crippen LogP contribution < -0.4 is 5.32 Å². The number of hydrogen-bond donors (Lipinski definition) is 1. The molecule has 0 aromatic heterocycles. The maximum absolute atomic E-state index is 12.6. The molecule has 3 nitrogen and oxygen atoms in total. The summed E-state index contributed by atoms with van der Waals surface area (Å²) in [5.74, 6) is 0.305. The lowest BCUT2D eigenvalue weighted by atomic mass is 9.86. The fourth-order valence-electron chi connectivity index (χ4n) is 2.98. The number of nitrogens with zero attached hydrogens (tertiary/aromatic N) is 1. The van der Waals surface area contributed by atoms with E-state index in [9.17, 15) is 4.79 Å². The Kier molecular flexibility index (Phi) is 3.50. The molecule has 0 spiro atoms. The monoisotopic (exact) mass is 308 g/mol. The Labute approximate surface area is 116 Å². The van der Waals surface area contributed by atoms with Crippen LogP contribution in [0.2, 0.25) is 0 Å². The molecule has 1 unspecified atom stereocenters. The van der Waals surface area contributed by atoms with E-state index in [0.717, 1.165) is 49.1 Å². The van der Waals surface area contributed by atoms with Crippen molar-refractivity contribution in [2.45, 2.75) is 18.9 Å². The normalized spacial score (nSPS) is 24.9. The van der Waals surface area contributed by atoms with E-state index in [0.29, 0.717) is 5.78 Å². The number of rotatable bonds is 1. The van der Waals surface area contributed by atoms with Gasteiger partial charge in [0.25, 0.3) is 0 Å². The Hall–Kier alpha value is -0.710. The third-order valence-corrected chi connectivity index (χ3v) is 4.69. The van der Waals surface area contributed by atoms with Crippen molar-refractivity contribution >= 4 is 21.7 Å². The minimum Gasteiger partial charge on any atom is -0.314 e. The zero-order valence-corrected chi connectivity index (χ0v) is 11.9. The van der Waals surface area contributed by atoms with Crippen LogP contribution in [0, 0.1) is 0 Å². The molecular weight excluding hydrogens is 292 g/mol. The molecule has 1 aliphatic heterocycles. The fraction of sp³-hybridized carbons (Fsp3) is 0.500. The molecule has 2 aliphatic rings. The molecule has 1 aliphatic carbocycles. The summed E-state index contributed by atoms with van der Waals surface area (Å²) < 4.78 is 1.08. The zero-order chi connectivity index (χ0) is 12.5. The summed E-state index contributed by atoms with van der Waals surface area (Å²) in [7, 11) is 0. The van der Waals surface area contributed by atoms with Crippen LogP contribution in [0.1, 0.15) is 22.3 Å². The average Bonchev–Trinajstić information content (AvgIpc) is 2.41. The van der Waals surface area contributed by atoms with Gasteiger partial charge in [-0.25, -0.2) is 0 Å². The zero-order valence-electron chi connectivity index (χ0n) is 10.3. The maximum Gasteiger partial charge on any atom is 0.180 e. The highest BCUT2D eigenvalue weighted by Crippen LogP contribution is 2.30. The number of nitrogens with one attached hydrogen (secondary N) is 1. The molecular formula is C14H17BrN2O. The molecule has 1 aromatic carbocycles. The molecule has 0 bridgehead atoms. The predicted octanol–water partition coefficient (Wildman–Crippen LogP) is 1.85. The lowest BCUT2D eigenvalue weighted by Gasteiger charge is -2.36. The van der Waals surface area contributed by atoms with Gasteiger partial charge >= 0.3 is 0 Å². The second kappa shape index (κ2) is 5.11. The number of halogens is 1. The molecule has 3 rings (SSSR count). The summed E-state index contributed by atoms with van der Waals surface area (Å²) >= 11 is 3.55. The van der Waals surface area contributed by atoms with E-state index in [2.05, 4.69) is 26.1 Å². The van der Waals surface area contributed by atoms with Gasteiger partial charge in [-0.1, -0.05) is 28.1 Å². The van der Waals surface area contributed by atoms with Crippen LogP contribution in [-0.4, -0.2) is 42.9 Å². The van der Waals surface area contributed by atoms with Crippen molar-refractivity contribution in [3.63, 3.8) is 0 Å². The van der Waals surface area contributed by atoms with Crippen molar-refractivity contribution in [1.82, 2.24) is 10.2 Å². The van der Waals surface area contributed by atoms with Gasteiger partial charge in [0, 0.05) is 36.2 Å². The first-order chi connectivity index (χ1) is 8.77. The molecule has 1 aromatic rings. The minimum absolute atomic E-state index is 0.0916. The largest absolute Gasteiger partial charge is 0.314 e. The Morgan fingerprint density at radius 1 is 1.28 bits per heavy atom. The van der Waals surface area contributed by atoms with E-state index >= 15 is 0 Å². The van der Waals surface area contributed by atoms with Gasteiger partial charge in [-0.05, 0) is 24.5 Å². The number of carbonyl (C=O) groups excluding carboxylic acids is 1. The Morgan fingerprint density at radius 2 is 2.06 bits per heavy atom. The van der Waals surface area contributed by atoms with E-state index in [1.807, 2.05) is 18.2 Å². The van der Waals surface area contributed by atoms with Crippen molar-refractivity contribution in [3.05, 3.63) is 33.8 Å². The standard InChI is InChI=1S/C14H17BrN2O/c15-12-3-1-2-11-10(12)4-5-13(14(11)18)17-8-6-16-7-9-17/h1-3,13,16H,4-9H2. The number of ketones is 1. The summed E-state index contributed by atoms with van der Waals surface area (Å²) in [5, 5.41) is 3.34. The second-order valence-corrected chi connectivity index (χ2v) is 5.82. The summed E-state index contributed by atoms with van der Waals surface area (Å²) in [6, 6.07) is 6.04. The first kappa shape index (κ1) is 12.3. The number of Topliss-reactive ketones (excluding diaryl/α,β-unsaturated/α-hetero) is 1. The van der Waals surface area contributed by atoms with Crippen molar-refractivity contribution in [1.29, 1.82) is 0 Å². The van der Waals surface area contributed by atoms with Crippen molar-refractivity contribution in [2.24, 2.45) is 0 Å². The van der Waals surface area contributed by atoms with Crippen LogP contribution in [0.25, 0.3) is 0 Å². The molecule has 1 saturated heterocycles. The minimum atomic E-state index is 0.0916. The van der Waals surface area contributed by atoms with E-state index < -0.39 is 0 Å². The molecule has 0 saturated carbocycles. The van der Waals surface area contributed by atoms with Gasteiger partial charge in [-0.2, -0.15) is 0 Å². The van der Waals surface area contributed by atoms with Crippen LogP contribution in [0.4, 0.5) is 0 Å². The molecule has 18 heavy (non-hydrogen) atoms. The predicted molar refractivity (Wildman–Crippen MR) is 75.0 cm³/mol. The summed E-state index contributed by atoms with van der Waals surface area (Å²) in [6.45, 7) is 3.96. The van der Waals surface area contributed by atoms with Crippen molar-refractivity contribution in [3.8, 4) is 0 Å². The van der Waals surface area contributed by atoms with Gasteiger partial charge in [-0.3, -0.25) is 9.69 Å². The molecule has 1 heterocycles. The number of piperazine rings is 1. The highest BCUT2D eigenvalue weighted by atomic mass is 79.9. The van der Waals surface area contributed by atoms with E-state index in [-0.39, 0.29) is 6.04 Å². The second-order valence-electron chi connectivity index (χ2n) is 4.97. The molecule has 0 radical (unpaired) electrons. The van der Waals surface area contributed by atoms with Gasteiger partial charge in [0.1, 0.15) is 0 Å². The van der Waals surface area contributed by atoms with Crippen LogP contribution in [-0.2, 0) is 6.42 Å². The lowest BCUT2D eigenvalue weighted by molar-refractivity contribution is 0.0766. The molecule has 0 amide bonds. The Balaban J connectivity index is 1.87. The van der Waals surface area contributed by atoms with Crippen molar-refractivity contribution in [2.75, 3.05) is 26.2 Å². The maximum atomic E-state index is 12.6. The number of hydrogen-bond acceptors (Lipinski definition) is 3. The smallest absolute Gasteiger partial charge is 0.180 e. The van der Waals surface area contributed by atoms with E-state index in [1.54, 1.807) is 0 Å². The molecule has 4 heteroatoms. The number of fused-ring (bicyclic) bond motifs is 1. The Morgan fingerprint density at radius 3 is 2.83 bits per heavy atom. The highest BCUT2D eigenvalue weighted by Gasteiger charge is 2.32. The van der Waals surface area contributed by atoms with E-state index in [4.69, 9.17) is 0 Å². The highest BCUT2D eigenvalue weighted by molar-refractivity contribution is 9.10. The topological polar surface area (TPSA) is 32.3 Å². The first-order valence-corrected chi connectivity index (χ1v) is 7.33. The van der Waals surface area contributed by atoms with Gasteiger partial charge < -0.3 is 5.32 Å². The molecule has 96 valence electrons. The molecule has 1 fully saturated rings. The van der Waals surface area contributed by atoms with Gasteiger partial charge in [0.2, 0.25) is 0 Å². The SMILES string of the molecule is O=C1c2cccc(Br)c2CCC1N1CCNCC1. The van der Waals surface area contributed by atoms with E-state index in [1.165, 1.54) is 5.56 Å². The lowest BCUT2D eigenvalue weighted by Crippen LogP contribution is -2.52. The van der Waals surface area contributed by atoms with Gasteiger partial charge in [0.05, 0.1) is 6.04 Å². The van der Waals surface area contributed by atoms with Crippen LogP contribution in [0.3, 0.4) is 0 Å². The number of benzene rings is 1. The number of carbonyl (C=O) groups is 1. The molecule has 1 atom stereocenters. The van der Waals surface area contributed by atoms with Crippen LogP contribution >= 0.6 is 15.9 Å². The molecule has 1 N–H and O–H groups in total. The summed E-state index contributed by atoms with van der Waals surface area (Å²) in [6.07, 6.45) is 1.95. The third-order valence-electron chi connectivity index (χ3n) is 3.95. The van der Waals surface area contributed by atoms with Crippen LogP contribution in [0.5, 0.6) is 0 Å². The van der Waals surface area contributed by atoms with Crippen LogP contribution in [0.15, 0.2) is 22.7 Å². The van der Waals surface area contributed by atoms with Crippen molar-refractivity contribution < 1.29 is 4.79 Å². The van der Waals surface area contributed by atoms with Gasteiger partial charge in [0.15, 0.2) is 5.78 Å². The van der Waals surface area contributed by atoms with Gasteiger partial charge in [-0.15, -0.1) is 0 Å². The summed E-state index contributed by atoms with van der Waals surface area (Å²) in [5.41, 5.74) is 2.10. The quantitative estimate of drug-likeness (QED) is 0.859. The average molecular weight is 309 g/mol. The Bertz CT molecular complexity index is 469. The fourth-order valence-corrected chi connectivity index (χ4v) is 3.54. The third kappa shape index (κ3) is 2.13.